The van der Waals surface area contributed by atoms with Crippen LogP contribution in [0.15, 0.2) is 0 Å². The van der Waals surface area contributed by atoms with Gasteiger partial charge >= 0.3 is 0 Å². The molecule has 0 unspecified atom stereocenters. The van der Waals surface area contributed by atoms with E-state index in [0.29, 0.717) is 24.5 Å². The van der Waals surface area contributed by atoms with Crippen LogP contribution >= 0.6 is 0 Å². The van der Waals surface area contributed by atoms with Crippen molar-refractivity contribution in [2.75, 3.05) is 31.6 Å². The zero-order valence-electron chi connectivity index (χ0n) is 12.8. The SMILES string of the molecule is CCN(CC)C(=O)CN(C)c1nnc(C)c(C)c1C#N. The molecule has 0 aliphatic rings. The summed E-state index contributed by atoms with van der Waals surface area (Å²) in [6.45, 7) is 9.07. The molecule has 1 rings (SSSR count). The second kappa shape index (κ2) is 6.85. The fourth-order valence-corrected chi connectivity index (χ4v) is 1.95. The van der Waals surface area contributed by atoms with E-state index in [2.05, 4.69) is 16.3 Å². The fourth-order valence-electron chi connectivity index (χ4n) is 1.95. The minimum atomic E-state index is 0.0152. The summed E-state index contributed by atoms with van der Waals surface area (Å²) in [5.41, 5.74) is 2.01. The number of nitriles is 1. The minimum absolute atomic E-state index is 0.0152. The summed E-state index contributed by atoms with van der Waals surface area (Å²) >= 11 is 0. The standard InChI is InChI=1S/C14H21N5O/c1-6-19(7-2)13(20)9-18(5)14-12(8-15)10(3)11(4)16-17-14/h6-7,9H2,1-5H3. The fraction of sp³-hybridized carbons (Fsp3) is 0.571. The molecule has 0 atom stereocenters. The average molecular weight is 275 g/mol. The third kappa shape index (κ3) is 3.23. The lowest BCUT2D eigenvalue weighted by Gasteiger charge is -2.24. The lowest BCUT2D eigenvalue weighted by molar-refractivity contribution is -0.129. The van der Waals surface area contributed by atoms with Crippen LogP contribution in [0.2, 0.25) is 0 Å². The molecule has 1 amide bonds. The molecule has 0 saturated heterocycles. The molecule has 1 aromatic heterocycles. The molecule has 0 radical (unpaired) electrons. The van der Waals surface area contributed by atoms with Crippen LogP contribution in [0.25, 0.3) is 0 Å². The number of hydrogen-bond donors (Lipinski definition) is 0. The number of anilines is 1. The Kier molecular flexibility index (Phi) is 5.44. The number of carbonyl (C=O) groups is 1. The smallest absolute Gasteiger partial charge is 0.242 e. The Hall–Kier alpha value is -2.16. The third-order valence-electron chi connectivity index (χ3n) is 3.40. The van der Waals surface area contributed by atoms with Gasteiger partial charge in [-0.15, -0.1) is 5.10 Å². The Morgan fingerprint density at radius 1 is 1.25 bits per heavy atom. The predicted molar refractivity (Wildman–Crippen MR) is 77.4 cm³/mol. The summed E-state index contributed by atoms with van der Waals surface area (Å²) in [5.74, 6) is 0.470. The van der Waals surface area contributed by atoms with Gasteiger partial charge in [0.15, 0.2) is 5.82 Å². The van der Waals surface area contributed by atoms with Crippen LogP contribution in [0.1, 0.15) is 30.7 Å². The van der Waals surface area contributed by atoms with Crippen LogP contribution in [0.3, 0.4) is 0 Å². The zero-order valence-corrected chi connectivity index (χ0v) is 12.8. The lowest BCUT2D eigenvalue weighted by atomic mass is 10.1. The van der Waals surface area contributed by atoms with Crippen molar-refractivity contribution in [1.82, 2.24) is 15.1 Å². The van der Waals surface area contributed by atoms with Gasteiger partial charge in [0.2, 0.25) is 5.91 Å². The first-order valence-corrected chi connectivity index (χ1v) is 6.69. The van der Waals surface area contributed by atoms with E-state index < -0.39 is 0 Å². The molecular formula is C14H21N5O. The average Bonchev–Trinajstić information content (AvgIpc) is 2.42. The quantitative estimate of drug-likeness (QED) is 0.809. The van der Waals surface area contributed by atoms with Crippen molar-refractivity contribution in [3.05, 3.63) is 16.8 Å². The van der Waals surface area contributed by atoms with E-state index in [4.69, 9.17) is 0 Å². The van der Waals surface area contributed by atoms with Crippen molar-refractivity contribution in [2.24, 2.45) is 0 Å². The summed E-state index contributed by atoms with van der Waals surface area (Å²) in [7, 11) is 1.75. The van der Waals surface area contributed by atoms with Crippen LogP contribution in [-0.4, -0.2) is 47.7 Å². The molecule has 0 bridgehead atoms. The highest BCUT2D eigenvalue weighted by Crippen LogP contribution is 2.20. The molecule has 0 spiro atoms. The van der Waals surface area contributed by atoms with Gasteiger partial charge in [0, 0.05) is 20.1 Å². The predicted octanol–water partition coefficient (Wildman–Crippen LogP) is 1.27. The maximum Gasteiger partial charge on any atom is 0.242 e. The molecule has 0 aromatic carbocycles. The zero-order chi connectivity index (χ0) is 15.3. The number of hydrogen-bond acceptors (Lipinski definition) is 5. The van der Waals surface area contributed by atoms with Gasteiger partial charge in [-0.3, -0.25) is 4.79 Å². The first-order valence-electron chi connectivity index (χ1n) is 6.69. The molecule has 108 valence electrons. The molecular weight excluding hydrogens is 254 g/mol. The molecule has 20 heavy (non-hydrogen) atoms. The van der Waals surface area contributed by atoms with Crippen LogP contribution in [0, 0.1) is 25.2 Å². The van der Waals surface area contributed by atoms with Crippen molar-refractivity contribution in [3.63, 3.8) is 0 Å². The number of likely N-dealkylation sites (N-methyl/N-ethyl adjacent to an activating group) is 2. The number of aromatic nitrogens is 2. The summed E-state index contributed by atoms with van der Waals surface area (Å²) in [6.07, 6.45) is 0. The van der Waals surface area contributed by atoms with E-state index in [-0.39, 0.29) is 12.5 Å². The molecule has 0 aliphatic carbocycles. The largest absolute Gasteiger partial charge is 0.348 e. The van der Waals surface area contributed by atoms with E-state index in [1.165, 1.54) is 0 Å². The van der Waals surface area contributed by atoms with Gasteiger partial charge in [-0.2, -0.15) is 10.4 Å². The summed E-state index contributed by atoms with van der Waals surface area (Å²) < 4.78 is 0. The third-order valence-corrected chi connectivity index (χ3v) is 3.40. The molecule has 6 nitrogen and oxygen atoms in total. The van der Waals surface area contributed by atoms with Crippen molar-refractivity contribution in [3.8, 4) is 6.07 Å². The van der Waals surface area contributed by atoms with Crippen LogP contribution < -0.4 is 4.90 Å². The Bertz CT molecular complexity index is 531. The summed E-state index contributed by atoms with van der Waals surface area (Å²) in [6, 6.07) is 2.15. The van der Waals surface area contributed by atoms with Gasteiger partial charge < -0.3 is 9.80 Å². The number of rotatable bonds is 5. The molecule has 0 saturated carbocycles. The molecule has 1 aromatic rings. The van der Waals surface area contributed by atoms with E-state index in [1.54, 1.807) is 16.8 Å². The maximum atomic E-state index is 12.1. The molecule has 0 fully saturated rings. The Morgan fingerprint density at radius 2 is 1.85 bits per heavy atom. The number of amides is 1. The van der Waals surface area contributed by atoms with Gasteiger partial charge in [0.05, 0.1) is 12.2 Å². The van der Waals surface area contributed by atoms with Crippen molar-refractivity contribution >= 4 is 11.7 Å². The topological polar surface area (TPSA) is 73.1 Å². The summed E-state index contributed by atoms with van der Waals surface area (Å²) in [4.78, 5) is 15.5. The van der Waals surface area contributed by atoms with Crippen molar-refractivity contribution < 1.29 is 4.79 Å². The molecule has 1 heterocycles. The lowest BCUT2D eigenvalue weighted by Crippen LogP contribution is -2.39. The second-order valence-electron chi connectivity index (χ2n) is 4.64. The molecule has 0 aliphatic heterocycles. The van der Waals surface area contributed by atoms with E-state index >= 15 is 0 Å². The number of nitrogens with zero attached hydrogens (tertiary/aromatic N) is 5. The first-order chi connectivity index (χ1) is 9.46. The highest BCUT2D eigenvalue weighted by molar-refractivity contribution is 5.81. The monoisotopic (exact) mass is 275 g/mol. The highest BCUT2D eigenvalue weighted by atomic mass is 16.2. The van der Waals surface area contributed by atoms with Crippen molar-refractivity contribution in [2.45, 2.75) is 27.7 Å². The maximum absolute atomic E-state index is 12.1. The van der Waals surface area contributed by atoms with E-state index in [0.717, 1.165) is 11.3 Å². The highest BCUT2D eigenvalue weighted by Gasteiger charge is 2.18. The molecule has 6 heteroatoms. The van der Waals surface area contributed by atoms with Crippen molar-refractivity contribution in [1.29, 1.82) is 5.26 Å². The van der Waals surface area contributed by atoms with Crippen LogP contribution in [0.5, 0.6) is 0 Å². The van der Waals surface area contributed by atoms with Crippen LogP contribution in [0.4, 0.5) is 5.82 Å². The minimum Gasteiger partial charge on any atom is -0.348 e. The summed E-state index contributed by atoms with van der Waals surface area (Å²) in [5, 5.41) is 17.4. The van der Waals surface area contributed by atoms with Gasteiger partial charge in [-0.1, -0.05) is 0 Å². The Labute approximate surface area is 120 Å². The van der Waals surface area contributed by atoms with Gasteiger partial charge in [0.1, 0.15) is 11.6 Å². The van der Waals surface area contributed by atoms with Gasteiger partial charge in [-0.25, -0.2) is 0 Å². The van der Waals surface area contributed by atoms with E-state index in [1.807, 2.05) is 27.7 Å². The second-order valence-corrected chi connectivity index (χ2v) is 4.64. The first kappa shape index (κ1) is 15.9. The normalized spacial score (nSPS) is 10.0. The van der Waals surface area contributed by atoms with Crippen LogP contribution in [-0.2, 0) is 4.79 Å². The Morgan fingerprint density at radius 3 is 2.35 bits per heavy atom. The number of aryl methyl sites for hydroxylation is 1. The Balaban J connectivity index is 2.99. The van der Waals surface area contributed by atoms with E-state index in [9.17, 15) is 10.1 Å². The molecule has 0 N–H and O–H groups in total. The van der Waals surface area contributed by atoms with Gasteiger partial charge in [0.25, 0.3) is 0 Å². The van der Waals surface area contributed by atoms with Gasteiger partial charge in [-0.05, 0) is 33.3 Å². The number of carbonyl (C=O) groups excluding carboxylic acids is 1.